The van der Waals surface area contributed by atoms with Crippen LogP contribution in [0.25, 0.3) is 133 Å². The number of furan rings is 1. The summed E-state index contributed by atoms with van der Waals surface area (Å²) >= 11 is 0. The van der Waals surface area contributed by atoms with Crippen molar-refractivity contribution in [1.29, 1.82) is 0 Å². The third-order valence-corrected chi connectivity index (χ3v) is 27.9. The van der Waals surface area contributed by atoms with Crippen molar-refractivity contribution in [1.82, 2.24) is 9.13 Å². The Hall–Kier alpha value is -12.6. The van der Waals surface area contributed by atoms with E-state index in [1.807, 2.05) is 0 Å². The van der Waals surface area contributed by atoms with Crippen molar-refractivity contribution in [2.24, 2.45) is 0 Å². The summed E-state index contributed by atoms with van der Waals surface area (Å²) in [5.41, 5.74) is 38.8. The minimum Gasteiger partial charge on any atom is -0.455 e. The van der Waals surface area contributed by atoms with Gasteiger partial charge in [0, 0.05) is 94.3 Å². The Morgan fingerprint density at radius 2 is 0.539 bits per heavy atom. The molecule has 5 nitrogen and oxygen atoms in total. The quantitative estimate of drug-likeness (QED) is 0.135. The van der Waals surface area contributed by atoms with Gasteiger partial charge in [-0.05, 0) is 247 Å². The van der Waals surface area contributed by atoms with Crippen molar-refractivity contribution >= 4 is 123 Å². The smallest absolute Gasteiger partial charge is 0.252 e. The van der Waals surface area contributed by atoms with Gasteiger partial charge < -0.3 is 23.4 Å². The fourth-order valence-corrected chi connectivity index (χ4v) is 20.3. The Bertz CT molecular complexity index is 7320. The number of hydrogen-bond donors (Lipinski definition) is 0. The number of para-hydroxylation sites is 2. The largest absolute Gasteiger partial charge is 0.455 e. The van der Waals surface area contributed by atoms with E-state index in [2.05, 4.69) is 482 Å². The molecule has 0 spiro atoms. The van der Waals surface area contributed by atoms with Crippen LogP contribution in [-0.2, 0) is 43.3 Å². The minimum atomic E-state index is -0.352. The molecule has 0 N–H and O–H groups in total. The number of benzene rings is 15. The average Bonchev–Trinajstić information content (AvgIpc) is 0.722. The van der Waals surface area contributed by atoms with Crippen molar-refractivity contribution in [3.05, 3.63) is 342 Å². The van der Waals surface area contributed by atoms with Crippen LogP contribution in [0.15, 0.2) is 302 Å². The fourth-order valence-electron chi connectivity index (χ4n) is 20.3. The molecule has 0 unspecified atom stereocenters. The molecule has 6 heteroatoms. The second-order valence-electron chi connectivity index (χ2n) is 45.1. The Balaban J connectivity index is 1.02. The molecule has 15 aromatic carbocycles. The molecule has 20 rings (SSSR count). The highest BCUT2D eigenvalue weighted by Crippen LogP contribution is 2.58. The van der Waals surface area contributed by atoms with Gasteiger partial charge in [0.1, 0.15) is 11.2 Å². The number of aromatic nitrogens is 2. The summed E-state index contributed by atoms with van der Waals surface area (Å²) in [6.45, 7) is 56.3. The molecule has 0 fully saturated rings. The zero-order valence-electron chi connectivity index (χ0n) is 79.6. The maximum atomic E-state index is 7.43. The van der Waals surface area contributed by atoms with E-state index < -0.39 is 0 Å². The highest BCUT2D eigenvalue weighted by atomic mass is 16.3. The highest BCUT2D eigenvalue weighted by molar-refractivity contribution is 7.00. The van der Waals surface area contributed by atoms with E-state index in [9.17, 15) is 0 Å². The monoisotopic (exact) mass is 1670 g/mol. The van der Waals surface area contributed by atoms with E-state index in [4.69, 9.17) is 4.42 Å². The number of rotatable bonds is 9. The fraction of sp³-hybridized carbons (Fsp3) is 0.262. The van der Waals surface area contributed by atoms with Gasteiger partial charge in [0.05, 0.1) is 33.4 Å². The number of fused-ring (bicyclic) bond motifs is 13. The van der Waals surface area contributed by atoms with Crippen LogP contribution in [0.5, 0.6) is 0 Å². The normalized spacial score (nSPS) is 13.6. The molecule has 0 bridgehead atoms. The second-order valence-corrected chi connectivity index (χ2v) is 45.1. The van der Waals surface area contributed by atoms with Crippen LogP contribution in [0.1, 0.15) is 211 Å². The van der Waals surface area contributed by atoms with Crippen molar-refractivity contribution in [3.8, 4) is 67.0 Å². The topological polar surface area (TPSA) is 29.5 Å². The highest BCUT2D eigenvalue weighted by Gasteiger charge is 2.47. The van der Waals surface area contributed by atoms with Gasteiger partial charge in [0.15, 0.2) is 0 Å². The van der Waals surface area contributed by atoms with Crippen LogP contribution < -0.4 is 26.2 Å². The molecule has 0 aliphatic carbocycles. The van der Waals surface area contributed by atoms with Crippen molar-refractivity contribution in [2.45, 2.75) is 209 Å². The van der Waals surface area contributed by atoms with E-state index in [1.54, 1.807) is 0 Å². The van der Waals surface area contributed by atoms with Gasteiger partial charge in [0.25, 0.3) is 6.71 Å². The molecular formula is C122H121BN4O. The molecule has 5 heterocycles. The molecule has 0 amide bonds. The van der Waals surface area contributed by atoms with Gasteiger partial charge in [-0.3, -0.25) is 0 Å². The van der Waals surface area contributed by atoms with E-state index in [0.717, 1.165) is 134 Å². The van der Waals surface area contributed by atoms with Crippen molar-refractivity contribution in [3.63, 3.8) is 0 Å². The van der Waals surface area contributed by atoms with Crippen molar-refractivity contribution in [2.75, 3.05) is 9.80 Å². The summed E-state index contributed by atoms with van der Waals surface area (Å²) in [6.07, 6.45) is 0. The molecule has 3 aromatic heterocycles. The van der Waals surface area contributed by atoms with E-state index in [-0.39, 0.29) is 50.0 Å². The Morgan fingerprint density at radius 1 is 0.219 bits per heavy atom. The number of anilines is 6. The zero-order chi connectivity index (χ0) is 89.9. The van der Waals surface area contributed by atoms with Crippen molar-refractivity contribution < 1.29 is 4.42 Å². The zero-order valence-corrected chi connectivity index (χ0v) is 79.6. The van der Waals surface area contributed by atoms with E-state index in [0.29, 0.717) is 0 Å². The molecule has 0 radical (unpaired) electrons. The maximum Gasteiger partial charge on any atom is 0.252 e. The third-order valence-electron chi connectivity index (χ3n) is 27.9. The molecule has 2 aliphatic rings. The van der Waals surface area contributed by atoms with Gasteiger partial charge in [0.2, 0.25) is 0 Å². The minimum absolute atomic E-state index is 0.0922. The van der Waals surface area contributed by atoms with Gasteiger partial charge >= 0.3 is 0 Å². The van der Waals surface area contributed by atoms with Gasteiger partial charge in [-0.1, -0.05) is 348 Å². The lowest BCUT2D eigenvalue weighted by molar-refractivity contribution is 0.569. The maximum absolute atomic E-state index is 7.43. The molecular weight excluding hydrogens is 1550 g/mol. The van der Waals surface area contributed by atoms with Gasteiger partial charge in [-0.2, -0.15) is 0 Å². The Kier molecular flexibility index (Phi) is 19.2. The van der Waals surface area contributed by atoms with Gasteiger partial charge in [-0.25, -0.2) is 0 Å². The second kappa shape index (κ2) is 29.5. The molecule has 0 saturated carbocycles. The third kappa shape index (κ3) is 14.1. The van der Waals surface area contributed by atoms with Crippen LogP contribution in [0.4, 0.5) is 34.1 Å². The number of nitrogens with zero attached hydrogens (tertiary/aromatic N) is 4. The summed E-state index contributed by atoms with van der Waals surface area (Å²) in [6, 6.07) is 117. The van der Waals surface area contributed by atoms with Gasteiger partial charge in [-0.15, -0.1) is 0 Å². The Morgan fingerprint density at radius 3 is 0.906 bits per heavy atom. The molecule has 0 saturated heterocycles. The Labute approximate surface area is 759 Å². The summed E-state index contributed by atoms with van der Waals surface area (Å²) in [4.78, 5) is 5.55. The lowest BCUT2D eigenvalue weighted by atomic mass is 9.33. The van der Waals surface area contributed by atoms with E-state index in [1.165, 1.54) is 93.5 Å². The first-order valence-corrected chi connectivity index (χ1v) is 46.4. The molecule has 638 valence electrons. The van der Waals surface area contributed by atoms with Crippen LogP contribution in [0.3, 0.4) is 0 Å². The predicted molar refractivity (Wildman–Crippen MR) is 553 cm³/mol. The average molecular weight is 1670 g/mol. The molecule has 18 aromatic rings. The first-order chi connectivity index (χ1) is 60.5. The SMILES string of the molecule is CC(C)(C)c1cc(-c2cc3c4c(c2)N(c2c(-c5ccccc5)cc(C(C)(C)C)cc2-c2cccc5c2oc2ccccc25)c2cc(-n5c6ccc(C(C)(C)C)cc6c6cc(C(C)(C)C)ccc65)ccc2B4c2ccc(-n4c5ccc(C(C)(C)C)cc5c5cc(C(C)(C)C)ccc54)cc2N3c2c(-c3ccccc3)cc(C(C)(C)C)cc2-c2ccccc2)cc(C(C)(C)C)c1. The molecule has 0 atom stereocenters. The predicted octanol–water partition coefficient (Wildman–Crippen LogP) is 32.6. The molecule has 2 aliphatic heterocycles. The standard InChI is InChI=1S/C122H121BN4O/c1-115(2,3)79-47-55-102-95(64-79)96-65-80(116(4,5)6)48-56-103(96)124(102)87-51-53-100-106(72-87)126(112-92(74-37-28-25-29-38-74)68-85(121(19,20)21)69-93(112)75-39-30-26-31-40-75)108-61-78(77-59-83(119(13,14)15)63-84(60-77)120(16,17)18)62-109-111(108)123(100)101-54-52-88(125-104-57-49-81(117(7,8)9)66-97(104)98-67-82(118(10,11)12)50-58-105(98)125)73-107(101)127(109)113-94(76-41-32-27-33-42-76)70-86(122(22,23)24)71-99(113)91-45-36-44-90-89-43-34-35-46-110(89)128-114(90)91/h25-73H,1-24H3. The number of hydrogen-bond acceptors (Lipinski definition) is 3. The van der Waals surface area contributed by atoms with Crippen LogP contribution in [0, 0.1) is 0 Å². The van der Waals surface area contributed by atoms with E-state index >= 15 is 0 Å². The molecule has 128 heavy (non-hydrogen) atoms. The summed E-state index contributed by atoms with van der Waals surface area (Å²) < 4.78 is 12.6. The van der Waals surface area contributed by atoms with Crippen LogP contribution in [0.2, 0.25) is 0 Å². The summed E-state index contributed by atoms with van der Waals surface area (Å²) in [5, 5.41) is 7.16. The first kappa shape index (κ1) is 83.6. The van der Waals surface area contributed by atoms with Crippen LogP contribution in [-0.4, -0.2) is 15.8 Å². The van der Waals surface area contributed by atoms with Crippen LogP contribution >= 0.6 is 0 Å². The lowest BCUT2D eigenvalue weighted by Gasteiger charge is -2.46. The lowest BCUT2D eigenvalue weighted by Crippen LogP contribution is -2.61. The summed E-state index contributed by atoms with van der Waals surface area (Å²) in [5.74, 6) is 0. The first-order valence-electron chi connectivity index (χ1n) is 46.4. The summed E-state index contributed by atoms with van der Waals surface area (Å²) in [7, 11) is 0.